The number of thioether (sulfide) groups is 1. The number of nitrogens with two attached hydrogens (primary N) is 1. The highest BCUT2D eigenvalue weighted by Crippen LogP contribution is 2.44. The van der Waals surface area contributed by atoms with Crippen LogP contribution in [0.3, 0.4) is 0 Å². The molecule has 110 valence electrons. The van der Waals surface area contributed by atoms with Gasteiger partial charge in [-0.15, -0.1) is 0 Å². The second-order valence-corrected chi connectivity index (χ2v) is 7.31. The van der Waals surface area contributed by atoms with Crippen LogP contribution in [0.15, 0.2) is 23.1 Å². The van der Waals surface area contributed by atoms with Crippen LogP contribution < -0.4 is 16.4 Å². The second-order valence-electron chi connectivity index (χ2n) is 5.84. The summed E-state index contributed by atoms with van der Waals surface area (Å²) in [5, 5.41) is 7.19. The molecular weight excluding hydrogens is 268 g/mol. The number of fused-ring (bicyclic) bond motifs is 1. The van der Waals surface area contributed by atoms with E-state index in [9.17, 15) is 0 Å². The summed E-state index contributed by atoms with van der Waals surface area (Å²) < 4.78 is 0. The minimum Gasteiger partial charge on any atom is -0.399 e. The van der Waals surface area contributed by atoms with Gasteiger partial charge in [0.15, 0.2) is 0 Å². The molecule has 2 aliphatic rings. The zero-order valence-electron chi connectivity index (χ0n) is 12.1. The summed E-state index contributed by atoms with van der Waals surface area (Å²) in [4.78, 5) is 3.68. The molecule has 0 radical (unpaired) electrons. The zero-order valence-corrected chi connectivity index (χ0v) is 12.9. The first kappa shape index (κ1) is 14.0. The first-order valence-corrected chi connectivity index (χ1v) is 8.30. The molecule has 1 saturated heterocycles. The normalized spacial score (nSPS) is 26.2. The molecule has 1 aromatic rings. The lowest BCUT2D eigenvalue weighted by Gasteiger charge is -2.30. The Kier molecular flexibility index (Phi) is 4.10. The van der Waals surface area contributed by atoms with E-state index in [4.69, 9.17) is 5.73 Å². The van der Waals surface area contributed by atoms with Gasteiger partial charge in [0.2, 0.25) is 0 Å². The summed E-state index contributed by atoms with van der Waals surface area (Å²) >= 11 is 1.82. The molecular formula is C15H24N4S. The van der Waals surface area contributed by atoms with Crippen LogP contribution in [0.4, 0.5) is 11.4 Å². The van der Waals surface area contributed by atoms with Crippen LogP contribution in [0.1, 0.15) is 26.2 Å². The number of hydrogen-bond acceptors (Lipinski definition) is 5. The van der Waals surface area contributed by atoms with Gasteiger partial charge in [-0.3, -0.25) is 5.32 Å². The first-order chi connectivity index (χ1) is 9.65. The van der Waals surface area contributed by atoms with Crippen LogP contribution in [0.25, 0.3) is 0 Å². The van der Waals surface area contributed by atoms with Gasteiger partial charge < -0.3 is 16.0 Å². The molecule has 1 atom stereocenters. The van der Waals surface area contributed by atoms with Crippen LogP contribution in [-0.4, -0.2) is 36.1 Å². The van der Waals surface area contributed by atoms with Crippen molar-refractivity contribution in [3.63, 3.8) is 0 Å². The predicted molar refractivity (Wildman–Crippen MR) is 87.0 cm³/mol. The highest BCUT2D eigenvalue weighted by molar-refractivity contribution is 8.01. The molecule has 0 aliphatic carbocycles. The van der Waals surface area contributed by atoms with E-state index >= 15 is 0 Å². The number of benzene rings is 1. The summed E-state index contributed by atoms with van der Waals surface area (Å²) in [6.07, 6.45) is 4.11. The Bertz CT molecular complexity index is 473. The van der Waals surface area contributed by atoms with Crippen molar-refractivity contribution in [2.24, 2.45) is 0 Å². The molecule has 20 heavy (non-hydrogen) atoms. The average Bonchev–Trinajstić information content (AvgIpc) is 2.75. The van der Waals surface area contributed by atoms with E-state index < -0.39 is 0 Å². The highest BCUT2D eigenvalue weighted by Gasteiger charge is 2.32. The average molecular weight is 292 g/mol. The van der Waals surface area contributed by atoms with Gasteiger partial charge in [-0.05, 0) is 51.1 Å². The van der Waals surface area contributed by atoms with E-state index in [1.165, 1.54) is 42.9 Å². The quantitative estimate of drug-likeness (QED) is 0.745. The van der Waals surface area contributed by atoms with Crippen LogP contribution in [-0.2, 0) is 0 Å². The van der Waals surface area contributed by atoms with Crippen molar-refractivity contribution in [3.8, 4) is 0 Å². The molecule has 1 fully saturated rings. The van der Waals surface area contributed by atoms with Crippen molar-refractivity contribution < 1.29 is 0 Å². The summed E-state index contributed by atoms with van der Waals surface area (Å²) in [6, 6.07) is 6.06. The maximum atomic E-state index is 5.85. The number of nitrogens with zero attached hydrogens (tertiary/aromatic N) is 1. The highest BCUT2D eigenvalue weighted by atomic mass is 32.2. The van der Waals surface area contributed by atoms with Crippen molar-refractivity contribution in [2.45, 2.75) is 36.1 Å². The van der Waals surface area contributed by atoms with Gasteiger partial charge in [-0.2, -0.15) is 0 Å². The number of anilines is 2. The third kappa shape index (κ3) is 3.22. The number of rotatable bonds is 4. The van der Waals surface area contributed by atoms with E-state index in [0.717, 1.165) is 18.8 Å². The lowest BCUT2D eigenvalue weighted by Crippen LogP contribution is -2.47. The Morgan fingerprint density at radius 3 is 2.95 bits per heavy atom. The third-order valence-electron chi connectivity index (χ3n) is 4.03. The van der Waals surface area contributed by atoms with E-state index in [-0.39, 0.29) is 4.99 Å². The molecule has 3 rings (SSSR count). The zero-order chi connectivity index (χ0) is 14.0. The number of hydrogen-bond donors (Lipinski definition) is 3. The van der Waals surface area contributed by atoms with Gasteiger partial charge in [0, 0.05) is 23.7 Å². The number of likely N-dealkylation sites (tertiary alicyclic amines) is 1. The summed E-state index contributed by atoms with van der Waals surface area (Å²) in [6.45, 7) is 6.87. The Hall–Kier alpha value is -0.910. The Balaban J connectivity index is 1.51. The Labute approximate surface area is 125 Å². The van der Waals surface area contributed by atoms with Crippen LogP contribution in [0.2, 0.25) is 0 Å². The first-order valence-electron chi connectivity index (χ1n) is 7.49. The van der Waals surface area contributed by atoms with Crippen molar-refractivity contribution >= 4 is 23.1 Å². The van der Waals surface area contributed by atoms with Crippen LogP contribution in [0, 0.1) is 0 Å². The summed E-state index contributed by atoms with van der Waals surface area (Å²) in [5.41, 5.74) is 7.86. The lowest BCUT2D eigenvalue weighted by molar-refractivity contribution is 0.226. The minimum absolute atomic E-state index is 0.119. The molecule has 2 heterocycles. The molecule has 0 spiro atoms. The number of piperidine rings is 1. The summed E-state index contributed by atoms with van der Waals surface area (Å²) in [7, 11) is 0. The van der Waals surface area contributed by atoms with Gasteiger partial charge >= 0.3 is 0 Å². The van der Waals surface area contributed by atoms with E-state index in [0.29, 0.717) is 0 Å². The molecule has 1 unspecified atom stereocenters. The fourth-order valence-corrected chi connectivity index (χ4v) is 4.14. The van der Waals surface area contributed by atoms with Crippen molar-refractivity contribution in [2.75, 3.05) is 37.2 Å². The van der Waals surface area contributed by atoms with Gasteiger partial charge in [0.1, 0.15) is 4.99 Å². The third-order valence-corrected chi connectivity index (χ3v) is 5.24. The number of nitrogens with one attached hydrogen (secondary N) is 2. The van der Waals surface area contributed by atoms with Crippen molar-refractivity contribution in [1.29, 1.82) is 0 Å². The fourth-order valence-electron chi connectivity index (χ4n) is 2.94. The summed E-state index contributed by atoms with van der Waals surface area (Å²) in [5.74, 6) is 0. The molecule has 5 heteroatoms. The Morgan fingerprint density at radius 1 is 1.35 bits per heavy atom. The molecule has 0 amide bonds. The standard InChI is InChI=1S/C15H24N4S/c1-15(17-7-10-19-8-3-2-4-9-19)18-13-6-5-12(16)11-14(13)20-15/h5-6,11,17-18H,2-4,7-10,16H2,1H3. The molecule has 2 aliphatic heterocycles. The topological polar surface area (TPSA) is 53.3 Å². The van der Waals surface area contributed by atoms with Gasteiger partial charge in [0.25, 0.3) is 0 Å². The van der Waals surface area contributed by atoms with E-state index in [2.05, 4.69) is 28.5 Å². The molecule has 0 bridgehead atoms. The van der Waals surface area contributed by atoms with Crippen LogP contribution in [0.5, 0.6) is 0 Å². The fraction of sp³-hybridized carbons (Fsp3) is 0.600. The molecule has 1 aromatic carbocycles. The number of nitrogen functional groups attached to an aromatic ring is 1. The minimum atomic E-state index is -0.119. The van der Waals surface area contributed by atoms with Crippen LogP contribution >= 0.6 is 11.8 Å². The molecule has 0 aromatic heterocycles. The maximum Gasteiger partial charge on any atom is 0.138 e. The molecule has 4 nitrogen and oxygen atoms in total. The monoisotopic (exact) mass is 292 g/mol. The smallest absolute Gasteiger partial charge is 0.138 e. The largest absolute Gasteiger partial charge is 0.399 e. The van der Waals surface area contributed by atoms with Gasteiger partial charge in [0.05, 0.1) is 5.69 Å². The Morgan fingerprint density at radius 2 is 2.15 bits per heavy atom. The second kappa shape index (κ2) is 5.84. The SMILES string of the molecule is CC1(NCCN2CCCCC2)Nc2ccc(N)cc2S1. The molecule has 0 saturated carbocycles. The van der Waals surface area contributed by atoms with Crippen molar-refractivity contribution in [3.05, 3.63) is 18.2 Å². The van der Waals surface area contributed by atoms with E-state index in [1.807, 2.05) is 23.9 Å². The lowest BCUT2D eigenvalue weighted by atomic mass is 10.1. The predicted octanol–water partition coefficient (Wildman–Crippen LogP) is 2.54. The van der Waals surface area contributed by atoms with Crippen molar-refractivity contribution in [1.82, 2.24) is 10.2 Å². The van der Waals surface area contributed by atoms with Gasteiger partial charge in [-0.1, -0.05) is 18.2 Å². The van der Waals surface area contributed by atoms with Gasteiger partial charge in [-0.25, -0.2) is 0 Å². The molecule has 4 N–H and O–H groups in total. The van der Waals surface area contributed by atoms with E-state index in [1.54, 1.807) is 0 Å². The maximum absolute atomic E-state index is 5.85.